The minimum absolute atomic E-state index is 0.111. The molecule has 0 saturated carbocycles. The van der Waals surface area contributed by atoms with Crippen molar-refractivity contribution in [1.29, 1.82) is 0 Å². The fourth-order valence-electron chi connectivity index (χ4n) is 4.61. The molecule has 3 aliphatic heterocycles. The molecule has 178 valence electrons. The largest absolute Gasteiger partial charge is 0.454 e. The summed E-state index contributed by atoms with van der Waals surface area (Å²) >= 11 is 0. The third-order valence-electron chi connectivity index (χ3n) is 6.83. The van der Waals surface area contributed by atoms with E-state index < -0.39 is 23.4 Å². The number of carbonyl (C=O) groups excluding carboxylic acids is 3. The Labute approximate surface area is 198 Å². The quantitative estimate of drug-likeness (QED) is 0.660. The van der Waals surface area contributed by atoms with E-state index in [2.05, 4.69) is 22.5 Å². The Morgan fingerprint density at radius 3 is 2.53 bits per heavy atom. The maximum Gasteiger partial charge on any atom is 0.325 e. The lowest BCUT2D eigenvalue weighted by molar-refractivity contribution is -0.133. The van der Waals surface area contributed by atoms with Crippen LogP contribution in [-0.2, 0) is 15.1 Å². The topological polar surface area (TPSA) is 100 Å². The van der Waals surface area contributed by atoms with E-state index in [4.69, 9.17) is 9.47 Å². The Balaban J connectivity index is 1.22. The number of anilines is 2. The molecule has 0 spiro atoms. The number of ether oxygens (including phenoxy) is 2. The van der Waals surface area contributed by atoms with E-state index in [0.717, 1.165) is 29.6 Å². The first-order chi connectivity index (χ1) is 16.3. The van der Waals surface area contributed by atoms with E-state index in [1.165, 1.54) is 12.8 Å². The van der Waals surface area contributed by atoms with Gasteiger partial charge in [-0.05, 0) is 67.6 Å². The van der Waals surface area contributed by atoms with Crippen LogP contribution in [0.15, 0.2) is 42.5 Å². The summed E-state index contributed by atoms with van der Waals surface area (Å²) in [6, 6.07) is 12.1. The summed E-state index contributed by atoms with van der Waals surface area (Å²) in [5, 5.41) is 5.49. The van der Waals surface area contributed by atoms with Gasteiger partial charge in [-0.1, -0.05) is 13.0 Å². The van der Waals surface area contributed by atoms with Crippen molar-refractivity contribution in [3.63, 3.8) is 0 Å². The van der Waals surface area contributed by atoms with Crippen LogP contribution in [0.2, 0.25) is 0 Å². The number of amides is 4. The van der Waals surface area contributed by atoms with E-state index in [1.807, 2.05) is 24.3 Å². The van der Waals surface area contributed by atoms with Crippen molar-refractivity contribution in [2.45, 2.75) is 32.2 Å². The summed E-state index contributed by atoms with van der Waals surface area (Å²) in [4.78, 5) is 41.7. The van der Waals surface area contributed by atoms with Crippen molar-refractivity contribution in [1.82, 2.24) is 10.2 Å². The van der Waals surface area contributed by atoms with Crippen LogP contribution in [0.4, 0.5) is 16.2 Å². The van der Waals surface area contributed by atoms with Gasteiger partial charge >= 0.3 is 6.03 Å². The molecule has 0 aliphatic carbocycles. The fourth-order valence-corrected chi connectivity index (χ4v) is 4.61. The second-order valence-corrected chi connectivity index (χ2v) is 9.28. The van der Waals surface area contributed by atoms with Crippen LogP contribution in [0.3, 0.4) is 0 Å². The highest BCUT2D eigenvalue weighted by Crippen LogP contribution is 2.37. The number of rotatable bonds is 5. The summed E-state index contributed by atoms with van der Waals surface area (Å²) in [5.74, 6) is 0.909. The molecule has 2 aromatic carbocycles. The van der Waals surface area contributed by atoms with Crippen molar-refractivity contribution in [2.24, 2.45) is 5.92 Å². The van der Waals surface area contributed by atoms with Crippen molar-refractivity contribution < 1.29 is 23.9 Å². The van der Waals surface area contributed by atoms with Gasteiger partial charge in [0.2, 0.25) is 12.7 Å². The van der Waals surface area contributed by atoms with Crippen LogP contribution in [0.5, 0.6) is 11.5 Å². The Kier molecular flexibility index (Phi) is 5.55. The molecule has 2 saturated heterocycles. The van der Waals surface area contributed by atoms with Crippen LogP contribution in [0, 0.1) is 5.92 Å². The SMILES string of the molecule is CC1CCN(c2ccc(NC(=O)CN3C(=O)NC(C)(c4ccc5c(c4)OCO5)C3=O)cc2)CC1. The average Bonchev–Trinajstić information content (AvgIpc) is 3.38. The third kappa shape index (κ3) is 4.02. The van der Waals surface area contributed by atoms with Gasteiger partial charge in [-0.2, -0.15) is 0 Å². The second-order valence-electron chi connectivity index (χ2n) is 9.28. The molecule has 0 aromatic heterocycles. The molecule has 1 unspecified atom stereocenters. The van der Waals surface area contributed by atoms with Crippen molar-refractivity contribution in [3.05, 3.63) is 48.0 Å². The molecule has 0 bridgehead atoms. The molecule has 9 heteroatoms. The normalized spacial score (nSPS) is 22.2. The number of urea groups is 1. The van der Waals surface area contributed by atoms with Crippen LogP contribution < -0.4 is 25.0 Å². The van der Waals surface area contributed by atoms with Crippen molar-refractivity contribution >= 4 is 29.2 Å². The number of fused-ring (bicyclic) bond motifs is 1. The minimum atomic E-state index is -1.30. The van der Waals surface area contributed by atoms with Gasteiger partial charge in [0, 0.05) is 24.5 Å². The summed E-state index contributed by atoms with van der Waals surface area (Å²) < 4.78 is 10.7. The highest BCUT2D eigenvalue weighted by atomic mass is 16.7. The molecular formula is C25H28N4O5. The molecule has 4 amide bonds. The molecule has 1 atom stereocenters. The van der Waals surface area contributed by atoms with E-state index in [1.54, 1.807) is 25.1 Å². The number of piperidine rings is 1. The van der Waals surface area contributed by atoms with E-state index in [-0.39, 0.29) is 13.3 Å². The maximum atomic E-state index is 13.2. The highest BCUT2D eigenvalue weighted by molar-refractivity contribution is 6.10. The van der Waals surface area contributed by atoms with Crippen LogP contribution in [0.25, 0.3) is 0 Å². The predicted molar refractivity (Wildman–Crippen MR) is 126 cm³/mol. The van der Waals surface area contributed by atoms with Gasteiger partial charge in [0.1, 0.15) is 12.1 Å². The average molecular weight is 465 g/mol. The van der Waals surface area contributed by atoms with Gasteiger partial charge in [-0.25, -0.2) is 4.79 Å². The monoisotopic (exact) mass is 464 g/mol. The van der Waals surface area contributed by atoms with Crippen molar-refractivity contribution in [3.8, 4) is 11.5 Å². The highest BCUT2D eigenvalue weighted by Gasteiger charge is 2.49. The van der Waals surface area contributed by atoms with Gasteiger partial charge in [0.15, 0.2) is 11.5 Å². The number of hydrogen-bond acceptors (Lipinski definition) is 6. The van der Waals surface area contributed by atoms with E-state index in [0.29, 0.717) is 22.7 Å². The molecule has 3 heterocycles. The summed E-state index contributed by atoms with van der Waals surface area (Å²) in [7, 11) is 0. The van der Waals surface area contributed by atoms with Gasteiger partial charge < -0.3 is 25.0 Å². The lowest BCUT2D eigenvalue weighted by Gasteiger charge is -2.32. The molecule has 2 fully saturated rings. The first-order valence-electron chi connectivity index (χ1n) is 11.5. The first kappa shape index (κ1) is 22.1. The molecule has 2 aromatic rings. The smallest absolute Gasteiger partial charge is 0.325 e. The van der Waals surface area contributed by atoms with E-state index >= 15 is 0 Å². The lowest BCUT2D eigenvalue weighted by atomic mass is 9.91. The standard InChI is InChI=1S/C25H28N4O5/c1-16-9-11-28(12-10-16)19-6-4-18(5-7-19)26-22(30)14-29-23(31)25(2,27-24(29)32)17-3-8-20-21(13-17)34-15-33-20/h3-8,13,16H,9-12,14-15H2,1-2H3,(H,26,30)(H,27,32). The zero-order chi connectivity index (χ0) is 23.9. The van der Waals surface area contributed by atoms with E-state index in [9.17, 15) is 14.4 Å². The zero-order valence-corrected chi connectivity index (χ0v) is 19.3. The molecular weight excluding hydrogens is 436 g/mol. The Morgan fingerprint density at radius 1 is 1.09 bits per heavy atom. The molecule has 2 N–H and O–H groups in total. The van der Waals surface area contributed by atoms with Gasteiger partial charge in [0.25, 0.3) is 5.91 Å². The number of imide groups is 1. The fraction of sp³-hybridized carbons (Fsp3) is 0.400. The number of carbonyl (C=O) groups is 3. The second kappa shape index (κ2) is 8.55. The van der Waals surface area contributed by atoms with Gasteiger partial charge in [0.05, 0.1) is 0 Å². The van der Waals surface area contributed by atoms with Gasteiger partial charge in [-0.15, -0.1) is 0 Å². The number of nitrogens with zero attached hydrogens (tertiary/aromatic N) is 2. The zero-order valence-electron chi connectivity index (χ0n) is 19.3. The Morgan fingerprint density at radius 2 is 1.79 bits per heavy atom. The summed E-state index contributed by atoms with van der Waals surface area (Å²) in [5.41, 5.74) is 0.996. The molecule has 0 radical (unpaired) electrons. The number of nitrogens with one attached hydrogen (secondary N) is 2. The maximum absolute atomic E-state index is 13.2. The molecule has 34 heavy (non-hydrogen) atoms. The Bertz CT molecular complexity index is 1130. The minimum Gasteiger partial charge on any atom is -0.454 e. The van der Waals surface area contributed by atoms with Crippen molar-refractivity contribution in [2.75, 3.05) is 36.6 Å². The predicted octanol–water partition coefficient (Wildman–Crippen LogP) is 3.06. The lowest BCUT2D eigenvalue weighted by Crippen LogP contribution is -2.42. The number of benzene rings is 2. The van der Waals surface area contributed by atoms with Crippen LogP contribution in [0.1, 0.15) is 32.3 Å². The molecule has 5 rings (SSSR count). The van der Waals surface area contributed by atoms with Crippen LogP contribution in [-0.4, -0.2) is 49.2 Å². The number of hydrogen-bond donors (Lipinski definition) is 2. The molecule has 9 nitrogen and oxygen atoms in total. The first-order valence-corrected chi connectivity index (χ1v) is 11.5. The summed E-state index contributed by atoms with van der Waals surface area (Å²) in [6.45, 7) is 5.68. The Hall–Kier alpha value is -3.75. The van der Waals surface area contributed by atoms with Gasteiger partial charge in [-0.3, -0.25) is 14.5 Å². The summed E-state index contributed by atoms with van der Waals surface area (Å²) in [6.07, 6.45) is 2.35. The van der Waals surface area contributed by atoms with Crippen LogP contribution >= 0.6 is 0 Å². The third-order valence-corrected chi connectivity index (χ3v) is 6.83. The molecule has 3 aliphatic rings.